The number of rotatable bonds is 10. The molecule has 0 aromatic heterocycles. The summed E-state index contributed by atoms with van der Waals surface area (Å²) in [6.45, 7) is 5.35. The Hall–Kier alpha value is -3.35. The van der Waals surface area contributed by atoms with E-state index in [1.54, 1.807) is 18.2 Å². The lowest BCUT2D eigenvalue weighted by Gasteiger charge is -2.12. The first kappa shape index (κ1) is 21.0. The summed E-state index contributed by atoms with van der Waals surface area (Å²) < 4.78 is 11.1. The van der Waals surface area contributed by atoms with Crippen LogP contribution in [0.25, 0.3) is 6.08 Å². The Morgan fingerprint density at radius 2 is 1.82 bits per heavy atom. The first-order valence-electron chi connectivity index (χ1n) is 9.13. The van der Waals surface area contributed by atoms with E-state index in [4.69, 9.17) is 9.47 Å². The highest BCUT2D eigenvalue weighted by atomic mass is 16.6. The maximum atomic E-state index is 12.0. The number of hydrogen-bond acceptors (Lipinski definition) is 5. The zero-order chi connectivity index (χ0) is 20.4. The van der Waals surface area contributed by atoms with Gasteiger partial charge in [-0.05, 0) is 50.1 Å². The molecule has 2 aromatic rings. The summed E-state index contributed by atoms with van der Waals surface area (Å²) in [5.41, 5.74) is 1.36. The molecule has 0 saturated heterocycles. The molecule has 1 N–H and O–H groups in total. The number of para-hydroxylation sites is 1. The van der Waals surface area contributed by atoms with E-state index in [1.165, 1.54) is 18.2 Å². The van der Waals surface area contributed by atoms with Crippen molar-refractivity contribution >= 4 is 17.7 Å². The second-order valence-corrected chi connectivity index (χ2v) is 5.84. The number of nitro groups is 1. The monoisotopic (exact) mass is 384 g/mol. The van der Waals surface area contributed by atoms with Crippen molar-refractivity contribution in [3.63, 3.8) is 0 Å². The standard InChI is InChI=1S/C21H24N2O5/c1-3-27-19-11-9-16(15-20(19)28-4-2)13-14-22-21(24)12-10-17-7-5-6-8-18(17)23(25)26/h5-12,15H,3-4,13-14H2,1-2H3,(H,22,24)/b12-10+. The van der Waals surface area contributed by atoms with E-state index in [2.05, 4.69) is 5.32 Å². The highest BCUT2D eigenvalue weighted by molar-refractivity contribution is 5.92. The number of carbonyl (C=O) groups excluding carboxylic acids is 1. The second-order valence-electron chi connectivity index (χ2n) is 5.84. The van der Waals surface area contributed by atoms with Crippen LogP contribution in [0, 0.1) is 10.1 Å². The van der Waals surface area contributed by atoms with Gasteiger partial charge < -0.3 is 14.8 Å². The van der Waals surface area contributed by atoms with E-state index in [1.807, 2.05) is 32.0 Å². The number of carbonyl (C=O) groups is 1. The van der Waals surface area contributed by atoms with Crippen molar-refractivity contribution in [2.45, 2.75) is 20.3 Å². The SMILES string of the molecule is CCOc1ccc(CCNC(=O)/C=C/c2ccccc2[N+](=O)[O-])cc1OCC. The van der Waals surface area contributed by atoms with Gasteiger partial charge >= 0.3 is 0 Å². The normalized spacial score (nSPS) is 10.6. The van der Waals surface area contributed by atoms with Crippen LogP contribution in [0.3, 0.4) is 0 Å². The summed E-state index contributed by atoms with van der Waals surface area (Å²) in [6, 6.07) is 12.0. The molecule has 0 aliphatic carbocycles. The van der Waals surface area contributed by atoms with Crippen LogP contribution in [0.15, 0.2) is 48.5 Å². The number of benzene rings is 2. The van der Waals surface area contributed by atoms with Crippen LogP contribution in [-0.4, -0.2) is 30.6 Å². The van der Waals surface area contributed by atoms with Crippen molar-refractivity contribution in [3.8, 4) is 11.5 Å². The zero-order valence-electron chi connectivity index (χ0n) is 16.0. The van der Waals surface area contributed by atoms with Gasteiger partial charge in [0.15, 0.2) is 11.5 Å². The molecule has 0 fully saturated rings. The van der Waals surface area contributed by atoms with E-state index in [0.717, 1.165) is 5.56 Å². The number of nitrogens with zero attached hydrogens (tertiary/aromatic N) is 1. The maximum absolute atomic E-state index is 12.0. The Labute approximate surface area is 164 Å². The molecule has 7 nitrogen and oxygen atoms in total. The highest BCUT2D eigenvalue weighted by Gasteiger charge is 2.10. The Kier molecular flexibility index (Phi) is 8.02. The van der Waals surface area contributed by atoms with Crippen molar-refractivity contribution in [2.24, 2.45) is 0 Å². The van der Waals surface area contributed by atoms with Crippen LogP contribution in [0.1, 0.15) is 25.0 Å². The van der Waals surface area contributed by atoms with Crippen LogP contribution in [0.4, 0.5) is 5.69 Å². The van der Waals surface area contributed by atoms with Crippen molar-refractivity contribution in [1.29, 1.82) is 0 Å². The summed E-state index contributed by atoms with van der Waals surface area (Å²) >= 11 is 0. The van der Waals surface area contributed by atoms with Gasteiger partial charge in [0.2, 0.25) is 5.91 Å². The third-order valence-corrected chi connectivity index (χ3v) is 3.87. The molecular weight excluding hydrogens is 360 g/mol. The average molecular weight is 384 g/mol. The lowest BCUT2D eigenvalue weighted by Crippen LogP contribution is -2.23. The summed E-state index contributed by atoms with van der Waals surface area (Å²) in [6.07, 6.45) is 3.36. The van der Waals surface area contributed by atoms with Gasteiger partial charge in [-0.25, -0.2) is 0 Å². The van der Waals surface area contributed by atoms with Gasteiger partial charge in [-0.3, -0.25) is 14.9 Å². The van der Waals surface area contributed by atoms with E-state index in [-0.39, 0.29) is 11.6 Å². The van der Waals surface area contributed by atoms with Gasteiger partial charge in [0, 0.05) is 18.7 Å². The predicted molar refractivity (Wildman–Crippen MR) is 108 cm³/mol. The zero-order valence-corrected chi connectivity index (χ0v) is 16.0. The van der Waals surface area contributed by atoms with Crippen LogP contribution in [-0.2, 0) is 11.2 Å². The topological polar surface area (TPSA) is 90.7 Å². The molecule has 0 heterocycles. The van der Waals surface area contributed by atoms with Crippen LogP contribution >= 0.6 is 0 Å². The first-order valence-corrected chi connectivity index (χ1v) is 9.13. The van der Waals surface area contributed by atoms with Gasteiger partial charge in [0.05, 0.1) is 23.7 Å². The molecule has 0 aliphatic heterocycles. The van der Waals surface area contributed by atoms with Crippen molar-refractivity contribution < 1.29 is 19.2 Å². The second kappa shape index (κ2) is 10.7. The van der Waals surface area contributed by atoms with Crippen LogP contribution in [0.2, 0.25) is 0 Å². The minimum absolute atomic E-state index is 0.0376. The maximum Gasteiger partial charge on any atom is 0.276 e. The number of nitrogens with one attached hydrogen (secondary N) is 1. The Balaban J connectivity index is 1.92. The molecular formula is C21H24N2O5. The Morgan fingerprint density at radius 1 is 1.11 bits per heavy atom. The fourth-order valence-electron chi connectivity index (χ4n) is 2.60. The molecule has 0 aliphatic rings. The molecule has 7 heteroatoms. The van der Waals surface area contributed by atoms with Gasteiger partial charge in [-0.2, -0.15) is 0 Å². The molecule has 0 atom stereocenters. The molecule has 0 spiro atoms. The lowest BCUT2D eigenvalue weighted by atomic mass is 10.1. The van der Waals surface area contributed by atoms with Crippen molar-refractivity contribution in [3.05, 3.63) is 69.8 Å². The molecule has 28 heavy (non-hydrogen) atoms. The van der Waals surface area contributed by atoms with Crippen LogP contribution < -0.4 is 14.8 Å². The van der Waals surface area contributed by atoms with Crippen LogP contribution in [0.5, 0.6) is 11.5 Å². The predicted octanol–water partition coefficient (Wildman–Crippen LogP) is 3.76. The third kappa shape index (κ3) is 6.12. The first-order chi connectivity index (χ1) is 13.5. The third-order valence-electron chi connectivity index (χ3n) is 3.87. The largest absolute Gasteiger partial charge is 0.490 e. The molecule has 2 rings (SSSR count). The van der Waals surface area contributed by atoms with Crippen molar-refractivity contribution in [2.75, 3.05) is 19.8 Å². The summed E-state index contributed by atoms with van der Waals surface area (Å²) in [5, 5.41) is 13.8. The van der Waals surface area contributed by atoms with E-state index >= 15 is 0 Å². The Morgan fingerprint density at radius 3 is 2.54 bits per heavy atom. The van der Waals surface area contributed by atoms with Gasteiger partial charge in [-0.1, -0.05) is 18.2 Å². The van der Waals surface area contributed by atoms with E-state index < -0.39 is 4.92 Å². The van der Waals surface area contributed by atoms with E-state index in [0.29, 0.717) is 43.2 Å². The summed E-state index contributed by atoms with van der Waals surface area (Å²) in [5.74, 6) is 1.07. The number of hydrogen-bond donors (Lipinski definition) is 1. The average Bonchev–Trinajstić information content (AvgIpc) is 2.69. The minimum Gasteiger partial charge on any atom is -0.490 e. The number of amides is 1. The Bertz CT molecular complexity index is 848. The summed E-state index contributed by atoms with van der Waals surface area (Å²) in [4.78, 5) is 22.5. The fraction of sp³-hybridized carbons (Fsp3) is 0.286. The lowest BCUT2D eigenvalue weighted by molar-refractivity contribution is -0.385. The van der Waals surface area contributed by atoms with Gasteiger partial charge in [0.1, 0.15) is 0 Å². The molecule has 0 saturated carbocycles. The van der Waals surface area contributed by atoms with Gasteiger partial charge in [0.25, 0.3) is 5.69 Å². The number of ether oxygens (including phenoxy) is 2. The number of nitro benzene ring substituents is 1. The van der Waals surface area contributed by atoms with E-state index in [9.17, 15) is 14.9 Å². The smallest absolute Gasteiger partial charge is 0.276 e. The quantitative estimate of drug-likeness (QED) is 0.383. The highest BCUT2D eigenvalue weighted by Crippen LogP contribution is 2.28. The molecule has 148 valence electrons. The molecule has 2 aromatic carbocycles. The summed E-state index contributed by atoms with van der Waals surface area (Å²) in [7, 11) is 0. The molecule has 0 unspecified atom stereocenters. The fourth-order valence-corrected chi connectivity index (χ4v) is 2.60. The molecule has 0 radical (unpaired) electrons. The van der Waals surface area contributed by atoms with Crippen molar-refractivity contribution in [1.82, 2.24) is 5.32 Å². The molecule has 1 amide bonds. The molecule has 0 bridgehead atoms. The van der Waals surface area contributed by atoms with Gasteiger partial charge in [-0.15, -0.1) is 0 Å². The minimum atomic E-state index is -0.473.